The summed E-state index contributed by atoms with van der Waals surface area (Å²) in [4.78, 5) is 12.3. The minimum absolute atomic E-state index is 0.134. The van der Waals surface area contributed by atoms with Gasteiger partial charge in [-0.2, -0.15) is 0 Å². The van der Waals surface area contributed by atoms with Crippen LogP contribution in [0.1, 0.15) is 41.5 Å². The molecule has 0 aromatic heterocycles. The summed E-state index contributed by atoms with van der Waals surface area (Å²) in [6, 6.07) is 4.43. The molecule has 0 spiro atoms. The number of amides is 1. The number of benzene rings is 1. The monoisotopic (exact) mass is 288 g/mol. The highest BCUT2D eigenvalue weighted by Gasteiger charge is 2.31. The summed E-state index contributed by atoms with van der Waals surface area (Å²) in [7, 11) is 0. The van der Waals surface area contributed by atoms with E-state index >= 15 is 0 Å². The van der Waals surface area contributed by atoms with Gasteiger partial charge in [0.2, 0.25) is 5.91 Å². The van der Waals surface area contributed by atoms with E-state index in [0.717, 1.165) is 32.2 Å². The summed E-state index contributed by atoms with van der Waals surface area (Å²) in [6.07, 6.45) is 4.14. The van der Waals surface area contributed by atoms with Crippen LogP contribution in [-0.2, 0) is 11.2 Å². The Bertz CT molecular complexity index is 487. The lowest BCUT2D eigenvalue weighted by Gasteiger charge is -2.18. The van der Waals surface area contributed by atoms with Crippen LogP contribution in [0.3, 0.4) is 0 Å². The van der Waals surface area contributed by atoms with Crippen molar-refractivity contribution < 1.29 is 4.79 Å². The summed E-state index contributed by atoms with van der Waals surface area (Å²) in [6.45, 7) is 7.78. The van der Waals surface area contributed by atoms with Crippen molar-refractivity contribution in [1.82, 2.24) is 5.32 Å². The zero-order valence-electron chi connectivity index (χ0n) is 13.5. The van der Waals surface area contributed by atoms with Crippen LogP contribution >= 0.6 is 0 Å². The molecule has 0 radical (unpaired) electrons. The lowest BCUT2D eigenvalue weighted by molar-refractivity contribution is -0.125. The van der Waals surface area contributed by atoms with Crippen molar-refractivity contribution in [3.8, 4) is 0 Å². The SMILES string of the molecule is Cc1cc(C)c(CCNC(=O)[C@@H]2CCC[C@@H]2CN)c(C)c1. The van der Waals surface area contributed by atoms with Gasteiger partial charge in [0.25, 0.3) is 0 Å². The van der Waals surface area contributed by atoms with Crippen LogP contribution in [0, 0.1) is 32.6 Å². The second kappa shape index (κ2) is 7.08. The third-order valence-corrected chi connectivity index (χ3v) is 4.81. The smallest absolute Gasteiger partial charge is 0.223 e. The average molecular weight is 288 g/mol. The minimum Gasteiger partial charge on any atom is -0.356 e. The number of nitrogens with one attached hydrogen (secondary N) is 1. The fraction of sp³-hybridized carbons (Fsp3) is 0.611. The van der Waals surface area contributed by atoms with Crippen molar-refractivity contribution in [2.24, 2.45) is 17.6 Å². The lowest BCUT2D eigenvalue weighted by atomic mass is 9.95. The summed E-state index contributed by atoms with van der Waals surface area (Å²) in [5.74, 6) is 0.716. The van der Waals surface area contributed by atoms with Gasteiger partial charge in [-0.15, -0.1) is 0 Å². The molecule has 1 aliphatic carbocycles. The zero-order valence-corrected chi connectivity index (χ0v) is 13.5. The van der Waals surface area contributed by atoms with E-state index in [1.165, 1.54) is 22.3 Å². The first-order valence-electron chi connectivity index (χ1n) is 8.07. The maximum atomic E-state index is 12.3. The Hall–Kier alpha value is -1.35. The third kappa shape index (κ3) is 3.85. The van der Waals surface area contributed by atoms with E-state index in [0.29, 0.717) is 12.5 Å². The highest BCUT2D eigenvalue weighted by atomic mass is 16.1. The molecule has 3 heteroatoms. The molecule has 1 aromatic carbocycles. The highest BCUT2D eigenvalue weighted by molar-refractivity contribution is 5.79. The molecule has 3 nitrogen and oxygen atoms in total. The van der Waals surface area contributed by atoms with Crippen molar-refractivity contribution in [3.05, 3.63) is 34.4 Å². The molecule has 21 heavy (non-hydrogen) atoms. The number of rotatable bonds is 5. The third-order valence-electron chi connectivity index (χ3n) is 4.81. The Morgan fingerprint density at radius 2 is 1.90 bits per heavy atom. The molecule has 1 aliphatic rings. The van der Waals surface area contributed by atoms with Crippen LogP contribution in [0.25, 0.3) is 0 Å². The van der Waals surface area contributed by atoms with Crippen LogP contribution in [0.15, 0.2) is 12.1 Å². The molecule has 1 saturated carbocycles. The van der Waals surface area contributed by atoms with E-state index in [2.05, 4.69) is 38.2 Å². The van der Waals surface area contributed by atoms with Gasteiger partial charge in [-0.3, -0.25) is 4.79 Å². The van der Waals surface area contributed by atoms with Crippen LogP contribution in [-0.4, -0.2) is 19.0 Å². The Labute approximate surface area is 128 Å². The molecule has 1 amide bonds. The summed E-state index contributed by atoms with van der Waals surface area (Å²) in [5.41, 5.74) is 11.1. The maximum absolute atomic E-state index is 12.3. The minimum atomic E-state index is 0.134. The van der Waals surface area contributed by atoms with Gasteiger partial charge in [0.1, 0.15) is 0 Å². The molecule has 1 aromatic rings. The molecule has 2 atom stereocenters. The molecule has 0 heterocycles. The zero-order chi connectivity index (χ0) is 15.4. The average Bonchev–Trinajstić information content (AvgIpc) is 2.89. The maximum Gasteiger partial charge on any atom is 0.223 e. The van der Waals surface area contributed by atoms with Crippen molar-refractivity contribution in [2.75, 3.05) is 13.1 Å². The molecule has 0 aliphatic heterocycles. The number of hydrogen-bond acceptors (Lipinski definition) is 2. The molecule has 2 rings (SSSR count). The van der Waals surface area contributed by atoms with Gasteiger partial charge in [-0.05, 0) is 69.2 Å². The second-order valence-electron chi connectivity index (χ2n) is 6.45. The van der Waals surface area contributed by atoms with E-state index in [9.17, 15) is 4.79 Å². The Balaban J connectivity index is 1.88. The van der Waals surface area contributed by atoms with Crippen molar-refractivity contribution in [1.29, 1.82) is 0 Å². The first kappa shape index (κ1) is 16.0. The molecular formula is C18H28N2O. The predicted molar refractivity (Wildman–Crippen MR) is 87.3 cm³/mol. The number of carbonyl (C=O) groups excluding carboxylic acids is 1. The van der Waals surface area contributed by atoms with Gasteiger partial charge in [-0.1, -0.05) is 24.1 Å². The van der Waals surface area contributed by atoms with Crippen molar-refractivity contribution in [3.63, 3.8) is 0 Å². The molecule has 3 N–H and O–H groups in total. The van der Waals surface area contributed by atoms with Gasteiger partial charge in [0, 0.05) is 12.5 Å². The lowest BCUT2D eigenvalue weighted by Crippen LogP contribution is -2.36. The van der Waals surface area contributed by atoms with E-state index in [-0.39, 0.29) is 11.8 Å². The quantitative estimate of drug-likeness (QED) is 0.875. The topological polar surface area (TPSA) is 55.1 Å². The van der Waals surface area contributed by atoms with Crippen LogP contribution in [0.4, 0.5) is 0 Å². The molecule has 0 bridgehead atoms. The van der Waals surface area contributed by atoms with Gasteiger partial charge in [0.15, 0.2) is 0 Å². The first-order valence-corrected chi connectivity index (χ1v) is 8.07. The number of hydrogen-bond donors (Lipinski definition) is 2. The van der Waals surface area contributed by atoms with Crippen molar-refractivity contribution >= 4 is 5.91 Å². The second-order valence-corrected chi connectivity index (χ2v) is 6.45. The number of nitrogens with two attached hydrogens (primary N) is 1. The number of aryl methyl sites for hydroxylation is 3. The van der Waals surface area contributed by atoms with Gasteiger partial charge >= 0.3 is 0 Å². The van der Waals surface area contributed by atoms with Gasteiger partial charge in [-0.25, -0.2) is 0 Å². The van der Waals surface area contributed by atoms with Crippen LogP contribution in [0.2, 0.25) is 0 Å². The largest absolute Gasteiger partial charge is 0.356 e. The molecule has 0 saturated heterocycles. The predicted octanol–water partition coefficient (Wildman–Crippen LogP) is 2.65. The fourth-order valence-electron chi connectivity index (χ4n) is 3.71. The summed E-state index contributed by atoms with van der Waals surface area (Å²) >= 11 is 0. The standard InChI is InChI=1S/C18H28N2O/c1-12-9-13(2)16(14(3)10-12)7-8-20-18(21)17-6-4-5-15(17)11-19/h9-10,15,17H,4-8,11,19H2,1-3H3,(H,20,21)/t15-,17-/m1/s1. The first-order chi connectivity index (χ1) is 10.0. The van der Waals surface area contributed by atoms with Gasteiger partial charge in [0.05, 0.1) is 0 Å². The van der Waals surface area contributed by atoms with E-state index in [4.69, 9.17) is 5.73 Å². The summed E-state index contributed by atoms with van der Waals surface area (Å²) in [5, 5.41) is 3.11. The van der Waals surface area contributed by atoms with Crippen LogP contribution < -0.4 is 11.1 Å². The van der Waals surface area contributed by atoms with E-state index in [1.54, 1.807) is 0 Å². The Morgan fingerprint density at radius 1 is 1.24 bits per heavy atom. The summed E-state index contributed by atoms with van der Waals surface area (Å²) < 4.78 is 0. The molecular weight excluding hydrogens is 260 g/mol. The Kier molecular flexibility index (Phi) is 5.40. The molecule has 1 fully saturated rings. The van der Waals surface area contributed by atoms with E-state index < -0.39 is 0 Å². The normalized spacial score (nSPS) is 21.5. The van der Waals surface area contributed by atoms with Crippen molar-refractivity contribution in [2.45, 2.75) is 46.5 Å². The van der Waals surface area contributed by atoms with E-state index in [1.807, 2.05) is 0 Å². The highest BCUT2D eigenvalue weighted by Crippen LogP contribution is 2.30. The molecule has 0 unspecified atom stereocenters. The van der Waals surface area contributed by atoms with Crippen LogP contribution in [0.5, 0.6) is 0 Å². The fourth-order valence-corrected chi connectivity index (χ4v) is 3.71. The Morgan fingerprint density at radius 3 is 2.52 bits per heavy atom. The van der Waals surface area contributed by atoms with Gasteiger partial charge < -0.3 is 11.1 Å². The number of carbonyl (C=O) groups is 1. The molecule has 116 valence electrons.